The highest BCUT2D eigenvalue weighted by molar-refractivity contribution is 7.94. The maximum atomic E-state index is 12.0. The fraction of sp³-hybridized carbons (Fsp3) is 0.333. The van der Waals surface area contributed by atoms with Crippen molar-refractivity contribution in [2.24, 2.45) is 5.92 Å². The van der Waals surface area contributed by atoms with Crippen LogP contribution < -0.4 is 5.32 Å². The molecule has 1 atom stereocenters. The van der Waals surface area contributed by atoms with E-state index in [1.54, 1.807) is 6.08 Å². The highest BCUT2D eigenvalue weighted by atomic mass is 32.2. The van der Waals surface area contributed by atoms with Crippen LogP contribution in [0.1, 0.15) is 17.5 Å². The number of fused-ring (bicyclic) bond motifs is 1. The zero-order chi connectivity index (χ0) is 15.9. The van der Waals surface area contributed by atoms with Gasteiger partial charge in [0.15, 0.2) is 15.0 Å². The van der Waals surface area contributed by atoms with Gasteiger partial charge in [-0.25, -0.2) is 13.4 Å². The molecule has 0 aliphatic carbocycles. The molecule has 7 heteroatoms. The van der Waals surface area contributed by atoms with E-state index in [-0.39, 0.29) is 24.0 Å². The second kappa shape index (κ2) is 5.48. The van der Waals surface area contributed by atoms with E-state index in [9.17, 15) is 13.2 Å². The molecule has 1 unspecified atom stereocenters. The third-order valence-corrected chi connectivity index (χ3v) is 5.91. The van der Waals surface area contributed by atoms with Crippen molar-refractivity contribution in [2.45, 2.75) is 20.3 Å². The monoisotopic (exact) mass is 336 g/mol. The van der Waals surface area contributed by atoms with Crippen molar-refractivity contribution in [3.63, 3.8) is 0 Å². The number of carbonyl (C=O) groups excluding carboxylic acids is 1. The number of hydrogen-bond donors (Lipinski definition) is 1. The summed E-state index contributed by atoms with van der Waals surface area (Å²) in [5.41, 5.74) is 3.14. The number of nitrogens with one attached hydrogen (secondary N) is 1. The van der Waals surface area contributed by atoms with Gasteiger partial charge < -0.3 is 5.32 Å². The van der Waals surface area contributed by atoms with Crippen molar-refractivity contribution in [1.29, 1.82) is 0 Å². The first-order valence-corrected chi connectivity index (χ1v) is 9.44. The lowest BCUT2D eigenvalue weighted by Crippen LogP contribution is -2.17. The number of anilines is 1. The molecule has 1 aromatic carbocycles. The molecule has 1 aromatic heterocycles. The van der Waals surface area contributed by atoms with Gasteiger partial charge in [0.1, 0.15) is 0 Å². The molecular formula is C15H16N2O3S2. The first kappa shape index (κ1) is 15.2. The highest BCUT2D eigenvalue weighted by Crippen LogP contribution is 2.29. The minimum atomic E-state index is -3.12. The zero-order valence-corrected chi connectivity index (χ0v) is 13.9. The van der Waals surface area contributed by atoms with Crippen molar-refractivity contribution in [3.05, 3.63) is 34.7 Å². The molecule has 1 aliphatic heterocycles. The fourth-order valence-corrected chi connectivity index (χ4v) is 5.06. The summed E-state index contributed by atoms with van der Waals surface area (Å²) >= 11 is 1.43. The molecule has 0 bridgehead atoms. The zero-order valence-electron chi connectivity index (χ0n) is 12.3. The predicted molar refractivity (Wildman–Crippen MR) is 88.8 cm³/mol. The Kier molecular flexibility index (Phi) is 3.78. The van der Waals surface area contributed by atoms with Crippen molar-refractivity contribution in [3.8, 4) is 0 Å². The average Bonchev–Trinajstić information content (AvgIpc) is 2.92. The van der Waals surface area contributed by atoms with E-state index >= 15 is 0 Å². The Hall–Kier alpha value is -1.73. The maximum absolute atomic E-state index is 12.0. The van der Waals surface area contributed by atoms with Gasteiger partial charge in [0.25, 0.3) is 0 Å². The molecule has 0 saturated carbocycles. The first-order chi connectivity index (χ1) is 10.3. The molecule has 0 spiro atoms. The molecule has 116 valence electrons. The van der Waals surface area contributed by atoms with Crippen LogP contribution in [-0.2, 0) is 14.6 Å². The topological polar surface area (TPSA) is 76.1 Å². The normalized spacial score (nSPS) is 19.6. The smallest absolute Gasteiger partial charge is 0.226 e. The van der Waals surface area contributed by atoms with Gasteiger partial charge in [0.2, 0.25) is 5.91 Å². The number of rotatable bonds is 3. The predicted octanol–water partition coefficient (Wildman–Crippen LogP) is 2.80. The fourth-order valence-electron chi connectivity index (χ4n) is 2.60. The number of allylic oxidation sites excluding steroid dienone is 1. The largest absolute Gasteiger partial charge is 0.302 e. The van der Waals surface area contributed by atoms with Crippen LogP contribution in [0.2, 0.25) is 0 Å². The summed E-state index contributed by atoms with van der Waals surface area (Å²) in [7, 11) is -3.12. The number of aryl methyl sites for hydroxylation is 2. The third kappa shape index (κ3) is 3.20. The number of amides is 1. The van der Waals surface area contributed by atoms with Crippen LogP contribution in [-0.4, -0.2) is 25.1 Å². The van der Waals surface area contributed by atoms with Crippen molar-refractivity contribution in [1.82, 2.24) is 4.98 Å². The van der Waals surface area contributed by atoms with E-state index in [0.717, 1.165) is 21.3 Å². The van der Waals surface area contributed by atoms with Gasteiger partial charge >= 0.3 is 0 Å². The molecule has 0 radical (unpaired) electrons. The Bertz CT molecular complexity index is 882. The SMILES string of the molecule is Cc1cc(C)c2nc(NC(=O)CC3C=CS(=O)(=O)C3)sc2c1. The van der Waals surface area contributed by atoms with E-state index in [1.807, 2.05) is 19.9 Å². The summed E-state index contributed by atoms with van der Waals surface area (Å²) in [4.78, 5) is 16.5. The number of nitrogens with zero attached hydrogens (tertiary/aromatic N) is 1. The summed E-state index contributed by atoms with van der Waals surface area (Å²) in [6.07, 6.45) is 1.74. The van der Waals surface area contributed by atoms with Crippen LogP contribution in [0.5, 0.6) is 0 Å². The summed E-state index contributed by atoms with van der Waals surface area (Å²) in [6, 6.07) is 4.10. The van der Waals surface area contributed by atoms with Crippen LogP contribution in [0, 0.1) is 19.8 Å². The van der Waals surface area contributed by atoms with E-state index in [2.05, 4.69) is 16.4 Å². The van der Waals surface area contributed by atoms with Gasteiger partial charge in [-0.15, -0.1) is 0 Å². The molecule has 1 aliphatic rings. The minimum absolute atomic E-state index is 0.0125. The van der Waals surface area contributed by atoms with Crippen LogP contribution >= 0.6 is 11.3 Å². The lowest BCUT2D eigenvalue weighted by molar-refractivity contribution is -0.116. The number of hydrogen-bond acceptors (Lipinski definition) is 5. The summed E-state index contributed by atoms with van der Waals surface area (Å²) in [5.74, 6) is -0.443. The van der Waals surface area contributed by atoms with Crippen LogP contribution in [0.4, 0.5) is 5.13 Å². The molecule has 2 aromatic rings. The van der Waals surface area contributed by atoms with E-state index in [0.29, 0.717) is 5.13 Å². The second-order valence-electron chi connectivity index (χ2n) is 5.62. The number of sulfone groups is 1. The minimum Gasteiger partial charge on any atom is -0.302 e. The molecule has 3 rings (SSSR count). The van der Waals surface area contributed by atoms with E-state index in [4.69, 9.17) is 0 Å². The average molecular weight is 336 g/mol. The van der Waals surface area contributed by atoms with Crippen LogP contribution in [0.25, 0.3) is 10.2 Å². The molecular weight excluding hydrogens is 320 g/mol. The highest BCUT2D eigenvalue weighted by Gasteiger charge is 2.24. The van der Waals surface area contributed by atoms with Crippen LogP contribution in [0.15, 0.2) is 23.6 Å². The Morgan fingerprint density at radius 3 is 2.86 bits per heavy atom. The first-order valence-electron chi connectivity index (χ1n) is 6.91. The Balaban J connectivity index is 1.72. The van der Waals surface area contributed by atoms with Gasteiger partial charge in [-0.3, -0.25) is 4.79 Å². The van der Waals surface area contributed by atoms with Gasteiger partial charge in [-0.2, -0.15) is 0 Å². The standard InChI is InChI=1S/C15H16N2O3S2/c1-9-5-10(2)14-12(6-9)21-15(17-14)16-13(18)7-11-3-4-22(19,20)8-11/h3-6,11H,7-8H2,1-2H3,(H,16,17,18). The van der Waals surface area contributed by atoms with Gasteiger partial charge in [-0.1, -0.05) is 23.5 Å². The van der Waals surface area contributed by atoms with E-state index in [1.165, 1.54) is 16.7 Å². The van der Waals surface area contributed by atoms with Gasteiger partial charge in [0.05, 0.1) is 16.0 Å². The number of thiazole rings is 1. The summed E-state index contributed by atoms with van der Waals surface area (Å²) in [5, 5.41) is 4.52. The van der Waals surface area contributed by atoms with Gasteiger partial charge in [-0.05, 0) is 31.0 Å². The lowest BCUT2D eigenvalue weighted by atomic mass is 10.1. The molecule has 2 heterocycles. The van der Waals surface area contributed by atoms with Crippen molar-refractivity contribution in [2.75, 3.05) is 11.1 Å². The molecule has 5 nitrogen and oxygen atoms in total. The van der Waals surface area contributed by atoms with E-state index < -0.39 is 9.84 Å². The maximum Gasteiger partial charge on any atom is 0.226 e. The summed E-state index contributed by atoms with van der Waals surface area (Å²) < 4.78 is 23.7. The Morgan fingerprint density at radius 2 is 2.18 bits per heavy atom. The quantitative estimate of drug-likeness (QED) is 0.935. The number of benzene rings is 1. The molecule has 22 heavy (non-hydrogen) atoms. The summed E-state index contributed by atoms with van der Waals surface area (Å²) in [6.45, 7) is 4.02. The molecule has 0 saturated heterocycles. The number of aromatic nitrogens is 1. The molecule has 1 N–H and O–H groups in total. The van der Waals surface area contributed by atoms with Crippen molar-refractivity contribution < 1.29 is 13.2 Å². The second-order valence-corrected chi connectivity index (χ2v) is 8.58. The van der Waals surface area contributed by atoms with Crippen LogP contribution in [0.3, 0.4) is 0 Å². The Morgan fingerprint density at radius 1 is 1.41 bits per heavy atom. The van der Waals surface area contributed by atoms with Gasteiger partial charge in [0, 0.05) is 17.7 Å². The number of carbonyl (C=O) groups is 1. The Labute approximate surface area is 133 Å². The molecule has 1 amide bonds. The lowest BCUT2D eigenvalue weighted by Gasteiger charge is -2.05. The van der Waals surface area contributed by atoms with Crippen molar-refractivity contribution >= 4 is 42.4 Å². The third-order valence-electron chi connectivity index (χ3n) is 3.53. The molecule has 0 fully saturated rings.